The highest BCUT2D eigenvalue weighted by Crippen LogP contribution is 2.28. The van der Waals surface area contributed by atoms with E-state index in [1.165, 1.54) is 18.4 Å². The summed E-state index contributed by atoms with van der Waals surface area (Å²) in [6, 6.07) is 8.02. The molecule has 0 spiro atoms. The van der Waals surface area contributed by atoms with Crippen molar-refractivity contribution in [2.24, 2.45) is 0 Å². The first kappa shape index (κ1) is 15.1. The Morgan fingerprint density at radius 1 is 1.16 bits per heavy atom. The van der Waals surface area contributed by atoms with E-state index in [1.807, 2.05) is 24.3 Å². The first-order chi connectivity index (χ1) is 9.33. The number of epoxide rings is 1. The van der Waals surface area contributed by atoms with Gasteiger partial charge in [0, 0.05) is 11.0 Å². The zero-order chi connectivity index (χ0) is 13.5. The molecule has 1 aliphatic rings. The van der Waals surface area contributed by atoms with Crippen LogP contribution in [0.15, 0.2) is 24.3 Å². The van der Waals surface area contributed by atoms with Crippen LogP contribution in [-0.2, 0) is 16.1 Å². The molecule has 1 saturated heterocycles. The van der Waals surface area contributed by atoms with E-state index >= 15 is 0 Å². The van der Waals surface area contributed by atoms with E-state index < -0.39 is 0 Å². The number of unbranched alkanes of at least 4 members (excludes halogenated alkanes) is 1. The highest BCUT2D eigenvalue weighted by Gasteiger charge is 2.36. The van der Waals surface area contributed by atoms with Crippen LogP contribution in [0.4, 0.5) is 0 Å². The van der Waals surface area contributed by atoms with Gasteiger partial charge in [-0.25, -0.2) is 0 Å². The van der Waals surface area contributed by atoms with Crippen LogP contribution in [0.25, 0.3) is 0 Å². The lowest BCUT2D eigenvalue weighted by molar-refractivity contribution is 0.116. The van der Waals surface area contributed by atoms with Crippen LogP contribution in [-0.4, -0.2) is 30.4 Å². The number of hydrogen-bond donors (Lipinski definition) is 0. The summed E-state index contributed by atoms with van der Waals surface area (Å²) < 4.78 is 17.4. The van der Waals surface area contributed by atoms with E-state index in [0.717, 1.165) is 23.2 Å². The van der Waals surface area contributed by atoms with Crippen LogP contribution in [0.3, 0.4) is 0 Å². The second-order valence-electron chi connectivity index (χ2n) is 4.76. The third-order valence-corrected chi connectivity index (χ3v) is 4.16. The molecule has 0 bridgehead atoms. The monoisotopic (exact) mass is 376 g/mol. The summed E-state index contributed by atoms with van der Waals surface area (Å²) in [7, 11) is 1.68. The predicted molar refractivity (Wildman–Crippen MR) is 84.0 cm³/mol. The van der Waals surface area contributed by atoms with Crippen molar-refractivity contribution in [2.45, 2.75) is 38.1 Å². The van der Waals surface area contributed by atoms with E-state index in [9.17, 15) is 0 Å². The molecule has 19 heavy (non-hydrogen) atoms. The predicted octanol–water partition coefficient (Wildman–Crippen LogP) is 3.58. The molecule has 1 heterocycles. The van der Waals surface area contributed by atoms with Crippen molar-refractivity contribution in [1.82, 2.24) is 0 Å². The normalized spacial score (nSPS) is 21.4. The molecule has 0 amide bonds. The summed E-state index contributed by atoms with van der Waals surface area (Å²) in [4.78, 5) is 0. The zero-order valence-electron chi connectivity index (χ0n) is 11.3. The molecule has 1 aromatic rings. The van der Waals surface area contributed by atoms with Crippen LogP contribution < -0.4 is 4.74 Å². The molecular weight excluding hydrogens is 355 g/mol. The number of methoxy groups -OCH3 is 1. The molecule has 1 aromatic carbocycles. The summed E-state index contributed by atoms with van der Waals surface area (Å²) in [6.07, 6.45) is 4.54. The lowest BCUT2D eigenvalue weighted by Gasteiger charge is -2.05. The lowest BCUT2D eigenvalue weighted by Crippen LogP contribution is -1.98. The lowest BCUT2D eigenvalue weighted by atomic mass is 10.2. The molecule has 1 aliphatic heterocycles. The quantitative estimate of drug-likeness (QED) is 0.286. The third kappa shape index (κ3) is 5.28. The summed E-state index contributed by atoms with van der Waals surface area (Å²) in [5.74, 6) is 0.887. The van der Waals surface area contributed by atoms with Gasteiger partial charge in [-0.2, -0.15) is 0 Å². The van der Waals surface area contributed by atoms with E-state index in [-0.39, 0.29) is 0 Å². The Hall–Kier alpha value is -0.330. The van der Waals surface area contributed by atoms with Gasteiger partial charge in [0.25, 0.3) is 0 Å². The molecule has 0 saturated carbocycles. The molecule has 0 N–H and O–H groups in total. The average Bonchev–Trinajstić information content (AvgIpc) is 3.22. The summed E-state index contributed by atoms with van der Waals surface area (Å²) in [6.45, 7) is 1.51. The number of rotatable bonds is 9. The second-order valence-corrected chi connectivity index (χ2v) is 5.64. The first-order valence-corrected chi connectivity index (χ1v) is 8.28. The van der Waals surface area contributed by atoms with E-state index in [0.29, 0.717) is 18.8 Å². The minimum Gasteiger partial charge on any atom is -0.497 e. The molecule has 2 rings (SSSR count). The molecule has 3 nitrogen and oxygen atoms in total. The Morgan fingerprint density at radius 2 is 1.95 bits per heavy atom. The Bertz CT molecular complexity index is 366. The number of halogens is 1. The molecule has 2 unspecified atom stereocenters. The largest absolute Gasteiger partial charge is 0.497 e. The molecule has 106 valence electrons. The maximum absolute atomic E-state index is 5.67. The van der Waals surface area contributed by atoms with Crippen molar-refractivity contribution in [3.8, 4) is 5.75 Å². The van der Waals surface area contributed by atoms with Crippen molar-refractivity contribution in [3.63, 3.8) is 0 Å². The van der Waals surface area contributed by atoms with E-state index in [2.05, 4.69) is 22.6 Å². The van der Waals surface area contributed by atoms with Gasteiger partial charge in [0.2, 0.25) is 0 Å². The number of alkyl halides is 1. The van der Waals surface area contributed by atoms with Gasteiger partial charge in [0.1, 0.15) is 5.75 Å². The molecule has 2 atom stereocenters. The molecule has 4 heteroatoms. The van der Waals surface area contributed by atoms with Crippen LogP contribution in [0.1, 0.15) is 24.8 Å². The smallest absolute Gasteiger partial charge is 0.118 e. The molecule has 0 aliphatic carbocycles. The fraction of sp³-hybridized carbons (Fsp3) is 0.600. The Morgan fingerprint density at radius 3 is 2.58 bits per heavy atom. The van der Waals surface area contributed by atoms with E-state index in [4.69, 9.17) is 14.2 Å². The topological polar surface area (TPSA) is 31.0 Å². The molecule has 0 aromatic heterocycles. The fourth-order valence-electron chi connectivity index (χ4n) is 2.03. The summed E-state index contributed by atoms with van der Waals surface area (Å²) in [5.41, 5.74) is 1.19. The van der Waals surface area contributed by atoms with Crippen LogP contribution in [0, 0.1) is 0 Å². The maximum Gasteiger partial charge on any atom is 0.118 e. The van der Waals surface area contributed by atoms with Crippen molar-refractivity contribution in [1.29, 1.82) is 0 Å². The SMILES string of the molecule is COc1ccc(COCCCCC2OC2CI)cc1. The molecular formula is C15H21IO3. The number of ether oxygens (including phenoxy) is 3. The molecule has 1 fully saturated rings. The average molecular weight is 376 g/mol. The van der Waals surface area contributed by atoms with Gasteiger partial charge >= 0.3 is 0 Å². The minimum atomic E-state index is 0.526. The zero-order valence-corrected chi connectivity index (χ0v) is 13.5. The van der Waals surface area contributed by atoms with Crippen LogP contribution >= 0.6 is 22.6 Å². The van der Waals surface area contributed by atoms with Crippen LogP contribution in [0.2, 0.25) is 0 Å². The molecule has 0 radical (unpaired) electrons. The summed E-state index contributed by atoms with van der Waals surface area (Å²) >= 11 is 2.38. The second kappa shape index (κ2) is 8.07. The van der Waals surface area contributed by atoms with Crippen molar-refractivity contribution in [2.75, 3.05) is 18.1 Å². The minimum absolute atomic E-state index is 0.526. The van der Waals surface area contributed by atoms with Crippen molar-refractivity contribution >= 4 is 22.6 Å². The van der Waals surface area contributed by atoms with Crippen molar-refractivity contribution < 1.29 is 14.2 Å². The summed E-state index contributed by atoms with van der Waals surface area (Å²) in [5, 5.41) is 0. The highest BCUT2D eigenvalue weighted by molar-refractivity contribution is 14.1. The highest BCUT2D eigenvalue weighted by atomic mass is 127. The van der Waals surface area contributed by atoms with Gasteiger partial charge in [-0.1, -0.05) is 34.7 Å². The van der Waals surface area contributed by atoms with E-state index in [1.54, 1.807) is 7.11 Å². The van der Waals surface area contributed by atoms with Gasteiger partial charge < -0.3 is 14.2 Å². The van der Waals surface area contributed by atoms with Gasteiger partial charge in [0.05, 0.1) is 25.9 Å². The van der Waals surface area contributed by atoms with Gasteiger partial charge in [-0.15, -0.1) is 0 Å². The third-order valence-electron chi connectivity index (χ3n) is 3.29. The Balaban J connectivity index is 1.49. The Kier molecular flexibility index (Phi) is 6.40. The Labute approximate surface area is 128 Å². The van der Waals surface area contributed by atoms with Crippen molar-refractivity contribution in [3.05, 3.63) is 29.8 Å². The van der Waals surface area contributed by atoms with Crippen LogP contribution in [0.5, 0.6) is 5.75 Å². The van der Waals surface area contributed by atoms with Gasteiger partial charge in [-0.3, -0.25) is 0 Å². The van der Waals surface area contributed by atoms with Gasteiger partial charge in [0.15, 0.2) is 0 Å². The number of hydrogen-bond acceptors (Lipinski definition) is 3. The van der Waals surface area contributed by atoms with Gasteiger partial charge in [-0.05, 0) is 37.0 Å². The standard InChI is InChI=1S/C15H21IO3/c1-17-13-7-5-12(6-8-13)11-18-9-3-2-4-14-15(10-16)19-14/h5-8,14-15H,2-4,9-11H2,1H3. The maximum atomic E-state index is 5.67. The number of benzene rings is 1. The first-order valence-electron chi connectivity index (χ1n) is 6.75. The fourth-order valence-corrected chi connectivity index (χ4v) is 2.81.